The van der Waals surface area contributed by atoms with Crippen LogP contribution >= 0.6 is 11.8 Å². The van der Waals surface area contributed by atoms with E-state index in [1.807, 2.05) is 26.0 Å². The van der Waals surface area contributed by atoms with Crippen molar-refractivity contribution in [3.05, 3.63) is 35.4 Å². The number of benzene rings is 1. The van der Waals surface area contributed by atoms with Gasteiger partial charge in [0.2, 0.25) is 5.91 Å². The molecule has 128 valence electrons. The van der Waals surface area contributed by atoms with Crippen molar-refractivity contribution < 1.29 is 14.4 Å². The van der Waals surface area contributed by atoms with Gasteiger partial charge in [-0.05, 0) is 37.5 Å². The molecule has 0 aliphatic carbocycles. The molecule has 2 heterocycles. The predicted molar refractivity (Wildman–Crippen MR) is 92.2 cm³/mol. The largest absolute Gasteiger partial charge is 0.315 e. The molecule has 0 bridgehead atoms. The SMILES string of the molecule is CCc1ccc(C(=O)NNC(=O)[C@@H]2CS[C@@]3(C)CCC(=O)N23)cc1. The van der Waals surface area contributed by atoms with Gasteiger partial charge in [0.15, 0.2) is 0 Å². The fourth-order valence-electron chi connectivity index (χ4n) is 3.18. The standard InChI is InChI=1S/C17H21N3O3S/c1-3-11-4-6-12(7-5-11)15(22)18-19-16(23)13-10-24-17(2)9-8-14(21)20(13)17/h4-7,13H,3,8-10H2,1-2H3,(H,18,22)(H,19,23)/t13-,17-/m0/s1. The smallest absolute Gasteiger partial charge is 0.269 e. The quantitative estimate of drug-likeness (QED) is 0.812. The van der Waals surface area contributed by atoms with Gasteiger partial charge in [0.25, 0.3) is 11.8 Å². The van der Waals surface area contributed by atoms with Crippen LogP contribution in [0.2, 0.25) is 0 Å². The number of rotatable bonds is 3. The van der Waals surface area contributed by atoms with Crippen LogP contribution in [0.25, 0.3) is 0 Å². The van der Waals surface area contributed by atoms with Gasteiger partial charge in [-0.3, -0.25) is 25.2 Å². The minimum absolute atomic E-state index is 0.00382. The Morgan fingerprint density at radius 1 is 1.29 bits per heavy atom. The van der Waals surface area contributed by atoms with Gasteiger partial charge in [-0.25, -0.2) is 0 Å². The van der Waals surface area contributed by atoms with Crippen LogP contribution in [0.3, 0.4) is 0 Å². The topological polar surface area (TPSA) is 78.5 Å². The normalized spacial score (nSPS) is 25.5. The van der Waals surface area contributed by atoms with Crippen molar-refractivity contribution >= 4 is 29.5 Å². The summed E-state index contributed by atoms with van der Waals surface area (Å²) in [7, 11) is 0. The van der Waals surface area contributed by atoms with Crippen LogP contribution in [-0.2, 0) is 16.0 Å². The molecule has 1 aromatic rings. The first-order valence-corrected chi connectivity index (χ1v) is 9.08. The Morgan fingerprint density at radius 3 is 2.67 bits per heavy atom. The molecule has 24 heavy (non-hydrogen) atoms. The second kappa shape index (κ2) is 6.47. The third-order valence-corrected chi connectivity index (χ3v) is 6.18. The first-order chi connectivity index (χ1) is 11.4. The van der Waals surface area contributed by atoms with Crippen LogP contribution in [0.1, 0.15) is 42.6 Å². The zero-order chi connectivity index (χ0) is 17.3. The molecule has 2 aliphatic rings. The van der Waals surface area contributed by atoms with E-state index in [-0.39, 0.29) is 22.6 Å². The fourth-order valence-corrected chi connectivity index (χ4v) is 4.61. The molecule has 7 heteroatoms. The van der Waals surface area contributed by atoms with Crippen LogP contribution in [-0.4, -0.2) is 39.3 Å². The molecule has 3 rings (SSSR count). The average molecular weight is 347 g/mol. The molecule has 6 nitrogen and oxygen atoms in total. The minimum Gasteiger partial charge on any atom is -0.315 e. The van der Waals surface area contributed by atoms with E-state index in [1.54, 1.807) is 28.8 Å². The summed E-state index contributed by atoms with van der Waals surface area (Å²) in [4.78, 5) is 37.9. The highest BCUT2D eigenvalue weighted by atomic mass is 32.2. The van der Waals surface area contributed by atoms with Gasteiger partial charge >= 0.3 is 0 Å². The molecule has 1 aromatic carbocycles. The van der Waals surface area contributed by atoms with Crippen LogP contribution in [0.5, 0.6) is 0 Å². The number of aryl methyl sites for hydroxylation is 1. The van der Waals surface area contributed by atoms with Gasteiger partial charge in [0.05, 0.1) is 4.87 Å². The number of hydrogen-bond donors (Lipinski definition) is 2. The third kappa shape index (κ3) is 3.00. The van der Waals surface area contributed by atoms with Gasteiger partial charge in [-0.1, -0.05) is 19.1 Å². The Morgan fingerprint density at radius 2 is 2.00 bits per heavy atom. The Bertz CT molecular complexity index is 676. The van der Waals surface area contributed by atoms with E-state index in [2.05, 4.69) is 10.9 Å². The lowest BCUT2D eigenvalue weighted by atomic mass is 10.1. The highest BCUT2D eigenvalue weighted by Crippen LogP contribution is 2.47. The van der Waals surface area contributed by atoms with Crippen molar-refractivity contribution in [3.63, 3.8) is 0 Å². The van der Waals surface area contributed by atoms with E-state index < -0.39 is 6.04 Å². The summed E-state index contributed by atoms with van der Waals surface area (Å²) in [6.45, 7) is 4.03. The van der Waals surface area contributed by atoms with Gasteiger partial charge < -0.3 is 4.90 Å². The Kier molecular flexibility index (Phi) is 4.54. The average Bonchev–Trinajstić information content (AvgIpc) is 3.09. The molecule has 2 aliphatic heterocycles. The summed E-state index contributed by atoms with van der Waals surface area (Å²) in [6.07, 6.45) is 2.14. The lowest BCUT2D eigenvalue weighted by Gasteiger charge is -2.29. The van der Waals surface area contributed by atoms with Crippen LogP contribution < -0.4 is 10.9 Å². The highest BCUT2D eigenvalue weighted by molar-refractivity contribution is 8.01. The number of nitrogens with one attached hydrogen (secondary N) is 2. The number of hydrogen-bond acceptors (Lipinski definition) is 4. The van der Waals surface area contributed by atoms with E-state index >= 15 is 0 Å². The maximum absolute atomic E-state index is 12.4. The van der Waals surface area contributed by atoms with Crippen molar-refractivity contribution in [2.24, 2.45) is 0 Å². The van der Waals surface area contributed by atoms with Crippen molar-refractivity contribution in [1.82, 2.24) is 15.8 Å². The zero-order valence-corrected chi connectivity index (χ0v) is 14.6. The van der Waals surface area contributed by atoms with Gasteiger partial charge in [0, 0.05) is 17.7 Å². The monoisotopic (exact) mass is 347 g/mol. The third-order valence-electron chi connectivity index (χ3n) is 4.67. The van der Waals surface area contributed by atoms with Gasteiger partial charge in [-0.2, -0.15) is 0 Å². The maximum atomic E-state index is 12.4. The second-order valence-corrected chi connectivity index (χ2v) is 7.76. The molecule has 2 N–H and O–H groups in total. The highest BCUT2D eigenvalue weighted by Gasteiger charge is 2.52. The van der Waals surface area contributed by atoms with E-state index in [0.29, 0.717) is 17.7 Å². The van der Waals surface area contributed by atoms with Gasteiger partial charge in [-0.15, -0.1) is 11.8 Å². The van der Waals surface area contributed by atoms with Crippen molar-refractivity contribution in [1.29, 1.82) is 0 Å². The first kappa shape index (κ1) is 16.8. The van der Waals surface area contributed by atoms with E-state index in [4.69, 9.17) is 0 Å². The molecular weight excluding hydrogens is 326 g/mol. The molecule has 2 fully saturated rings. The number of carbonyl (C=O) groups excluding carboxylic acids is 3. The maximum Gasteiger partial charge on any atom is 0.269 e. The van der Waals surface area contributed by atoms with Crippen LogP contribution in [0, 0.1) is 0 Å². The number of hydrazine groups is 1. The van der Waals surface area contributed by atoms with E-state index in [0.717, 1.165) is 18.4 Å². The summed E-state index contributed by atoms with van der Waals surface area (Å²) in [5.74, 6) is -0.161. The Balaban J connectivity index is 1.59. The lowest BCUT2D eigenvalue weighted by Crippen LogP contribution is -2.54. The summed E-state index contributed by atoms with van der Waals surface area (Å²) in [5, 5.41) is 0. The summed E-state index contributed by atoms with van der Waals surface area (Å²) in [6, 6.07) is 6.70. The van der Waals surface area contributed by atoms with Crippen LogP contribution in [0.15, 0.2) is 24.3 Å². The Hall–Kier alpha value is -2.02. The molecule has 0 spiro atoms. The molecule has 0 unspecified atom stereocenters. The van der Waals surface area contributed by atoms with Crippen molar-refractivity contribution in [2.75, 3.05) is 5.75 Å². The number of amides is 3. The molecule has 0 saturated carbocycles. The predicted octanol–water partition coefficient (Wildman–Crippen LogP) is 1.46. The fraction of sp³-hybridized carbons (Fsp3) is 0.471. The first-order valence-electron chi connectivity index (χ1n) is 8.10. The number of thioether (sulfide) groups is 1. The number of carbonyl (C=O) groups is 3. The van der Waals surface area contributed by atoms with E-state index in [9.17, 15) is 14.4 Å². The van der Waals surface area contributed by atoms with Gasteiger partial charge in [0.1, 0.15) is 6.04 Å². The van der Waals surface area contributed by atoms with Crippen LogP contribution in [0.4, 0.5) is 0 Å². The molecule has 0 radical (unpaired) electrons. The van der Waals surface area contributed by atoms with Crippen molar-refractivity contribution in [2.45, 2.75) is 44.0 Å². The zero-order valence-electron chi connectivity index (χ0n) is 13.8. The summed E-state index contributed by atoms with van der Waals surface area (Å²) in [5.41, 5.74) is 6.52. The van der Waals surface area contributed by atoms with Crippen molar-refractivity contribution in [3.8, 4) is 0 Å². The van der Waals surface area contributed by atoms with E-state index in [1.165, 1.54) is 0 Å². The molecule has 2 saturated heterocycles. The summed E-state index contributed by atoms with van der Waals surface area (Å²) < 4.78 is 0. The minimum atomic E-state index is -0.530. The number of fused-ring (bicyclic) bond motifs is 1. The summed E-state index contributed by atoms with van der Waals surface area (Å²) >= 11 is 1.62. The Labute approximate surface area is 145 Å². The molecule has 2 atom stereocenters. The second-order valence-electron chi connectivity index (χ2n) is 6.26. The molecular formula is C17H21N3O3S. The number of nitrogens with zero attached hydrogens (tertiary/aromatic N) is 1. The lowest BCUT2D eigenvalue weighted by molar-refractivity contribution is -0.138. The molecule has 0 aromatic heterocycles. The molecule has 3 amide bonds.